The van der Waals surface area contributed by atoms with E-state index in [9.17, 15) is 4.79 Å². The Labute approximate surface area is 138 Å². The van der Waals surface area contributed by atoms with E-state index in [0.717, 1.165) is 18.2 Å². The van der Waals surface area contributed by atoms with Gasteiger partial charge in [-0.3, -0.25) is 4.79 Å². The van der Waals surface area contributed by atoms with Crippen LogP contribution in [0.3, 0.4) is 0 Å². The lowest BCUT2D eigenvalue weighted by Gasteiger charge is -2.30. The first-order valence-corrected chi connectivity index (χ1v) is 8.12. The number of aryl methyl sites for hydroxylation is 1. The van der Waals surface area contributed by atoms with Gasteiger partial charge in [0.2, 0.25) is 11.8 Å². The number of carbonyl (C=O) groups is 1. The molecular formula is C17H18N4O3. The number of piperidine rings is 1. The lowest BCUT2D eigenvalue weighted by molar-refractivity contribution is -0.131. The Morgan fingerprint density at radius 1 is 1.21 bits per heavy atom. The third kappa shape index (κ3) is 2.77. The van der Waals surface area contributed by atoms with Crippen molar-refractivity contribution in [3.63, 3.8) is 0 Å². The fourth-order valence-corrected chi connectivity index (χ4v) is 3.18. The second-order valence-electron chi connectivity index (χ2n) is 6.14. The highest BCUT2D eigenvalue weighted by Crippen LogP contribution is 2.27. The molecule has 0 aliphatic carbocycles. The SMILES string of the molecule is Cc1noc(C2CCN(C(=O)Cc3noc4ccccc34)CC2)n1. The maximum absolute atomic E-state index is 12.5. The van der Waals surface area contributed by atoms with Crippen molar-refractivity contribution in [1.82, 2.24) is 20.2 Å². The van der Waals surface area contributed by atoms with Crippen molar-refractivity contribution in [3.05, 3.63) is 41.7 Å². The van der Waals surface area contributed by atoms with Gasteiger partial charge in [0, 0.05) is 24.4 Å². The van der Waals surface area contributed by atoms with Crippen LogP contribution in [-0.4, -0.2) is 39.2 Å². The van der Waals surface area contributed by atoms with E-state index in [1.54, 1.807) is 0 Å². The van der Waals surface area contributed by atoms with E-state index in [1.807, 2.05) is 36.1 Å². The van der Waals surface area contributed by atoms with Crippen molar-refractivity contribution in [1.29, 1.82) is 0 Å². The van der Waals surface area contributed by atoms with Crippen molar-refractivity contribution >= 4 is 16.9 Å². The molecule has 124 valence electrons. The number of nitrogens with zero attached hydrogens (tertiary/aromatic N) is 4. The Kier molecular flexibility index (Phi) is 3.76. The Balaban J connectivity index is 1.39. The molecule has 7 nitrogen and oxygen atoms in total. The molecule has 1 saturated heterocycles. The van der Waals surface area contributed by atoms with E-state index in [4.69, 9.17) is 9.05 Å². The van der Waals surface area contributed by atoms with Crippen LogP contribution in [0, 0.1) is 6.92 Å². The van der Waals surface area contributed by atoms with Gasteiger partial charge < -0.3 is 13.9 Å². The summed E-state index contributed by atoms with van der Waals surface area (Å²) in [6, 6.07) is 7.60. The Hall–Kier alpha value is -2.70. The maximum Gasteiger partial charge on any atom is 0.229 e. The molecule has 3 heterocycles. The third-order valence-corrected chi connectivity index (χ3v) is 4.51. The van der Waals surface area contributed by atoms with Crippen molar-refractivity contribution in [2.75, 3.05) is 13.1 Å². The predicted octanol–water partition coefficient (Wildman–Crippen LogP) is 2.47. The summed E-state index contributed by atoms with van der Waals surface area (Å²) in [5.74, 6) is 1.65. The topological polar surface area (TPSA) is 85.3 Å². The van der Waals surface area contributed by atoms with E-state index in [-0.39, 0.29) is 18.2 Å². The van der Waals surface area contributed by atoms with Crippen LogP contribution in [0.4, 0.5) is 0 Å². The Bertz CT molecular complexity index is 861. The van der Waals surface area contributed by atoms with E-state index < -0.39 is 0 Å². The zero-order chi connectivity index (χ0) is 16.5. The molecule has 1 amide bonds. The van der Waals surface area contributed by atoms with Crippen LogP contribution in [0.2, 0.25) is 0 Å². The highest BCUT2D eigenvalue weighted by Gasteiger charge is 2.27. The van der Waals surface area contributed by atoms with Gasteiger partial charge in [-0.2, -0.15) is 4.98 Å². The lowest BCUT2D eigenvalue weighted by Crippen LogP contribution is -2.38. The fraction of sp³-hybridized carbons (Fsp3) is 0.412. The molecule has 1 aliphatic rings. The summed E-state index contributed by atoms with van der Waals surface area (Å²) in [4.78, 5) is 18.7. The number of benzene rings is 1. The minimum atomic E-state index is 0.0780. The van der Waals surface area contributed by atoms with Gasteiger partial charge in [-0.05, 0) is 31.9 Å². The van der Waals surface area contributed by atoms with Crippen LogP contribution in [-0.2, 0) is 11.2 Å². The summed E-state index contributed by atoms with van der Waals surface area (Å²) >= 11 is 0. The minimum absolute atomic E-state index is 0.0780. The molecule has 2 aromatic heterocycles. The number of rotatable bonds is 3. The van der Waals surface area contributed by atoms with Gasteiger partial charge in [0.05, 0.1) is 6.42 Å². The third-order valence-electron chi connectivity index (χ3n) is 4.51. The number of likely N-dealkylation sites (tertiary alicyclic amines) is 1. The Morgan fingerprint density at radius 2 is 2.00 bits per heavy atom. The molecule has 24 heavy (non-hydrogen) atoms. The summed E-state index contributed by atoms with van der Waals surface area (Å²) in [5.41, 5.74) is 1.41. The molecule has 3 aromatic rings. The molecule has 4 rings (SSSR count). The van der Waals surface area contributed by atoms with Gasteiger partial charge >= 0.3 is 0 Å². The van der Waals surface area contributed by atoms with Crippen molar-refractivity contribution in [3.8, 4) is 0 Å². The van der Waals surface area contributed by atoms with Gasteiger partial charge in [0.1, 0.15) is 5.69 Å². The van der Waals surface area contributed by atoms with Crippen LogP contribution >= 0.6 is 0 Å². The first kappa shape index (κ1) is 14.9. The van der Waals surface area contributed by atoms with Gasteiger partial charge in [-0.1, -0.05) is 22.4 Å². The molecule has 0 atom stereocenters. The van der Waals surface area contributed by atoms with Crippen LogP contribution in [0.15, 0.2) is 33.3 Å². The number of amides is 1. The summed E-state index contributed by atoms with van der Waals surface area (Å²) in [5, 5.41) is 8.78. The minimum Gasteiger partial charge on any atom is -0.356 e. The summed E-state index contributed by atoms with van der Waals surface area (Å²) < 4.78 is 10.5. The molecular weight excluding hydrogens is 308 g/mol. The monoisotopic (exact) mass is 326 g/mol. The number of hydrogen-bond acceptors (Lipinski definition) is 6. The number of para-hydroxylation sites is 1. The number of hydrogen-bond donors (Lipinski definition) is 0. The standard InChI is InChI=1S/C17H18N4O3/c1-11-18-17(24-19-11)12-6-8-21(9-7-12)16(22)10-14-13-4-2-3-5-15(13)23-20-14/h2-5,12H,6-10H2,1H3. The molecule has 0 spiro atoms. The largest absolute Gasteiger partial charge is 0.356 e. The smallest absolute Gasteiger partial charge is 0.229 e. The predicted molar refractivity (Wildman–Crippen MR) is 85.3 cm³/mol. The lowest BCUT2D eigenvalue weighted by atomic mass is 9.96. The zero-order valence-electron chi connectivity index (χ0n) is 13.4. The molecule has 0 radical (unpaired) electrons. The van der Waals surface area contributed by atoms with E-state index >= 15 is 0 Å². The average molecular weight is 326 g/mol. The first-order chi connectivity index (χ1) is 11.7. The molecule has 0 saturated carbocycles. The molecule has 1 fully saturated rings. The second kappa shape index (κ2) is 6.07. The zero-order valence-corrected chi connectivity index (χ0v) is 13.4. The summed E-state index contributed by atoms with van der Waals surface area (Å²) in [6.45, 7) is 3.20. The van der Waals surface area contributed by atoms with Crippen LogP contribution < -0.4 is 0 Å². The first-order valence-electron chi connectivity index (χ1n) is 8.12. The van der Waals surface area contributed by atoms with E-state index in [2.05, 4.69) is 15.3 Å². The number of fused-ring (bicyclic) bond motifs is 1. The molecule has 0 N–H and O–H groups in total. The Morgan fingerprint density at radius 3 is 2.75 bits per heavy atom. The van der Waals surface area contributed by atoms with Gasteiger partial charge in [-0.25, -0.2) is 0 Å². The highest BCUT2D eigenvalue weighted by molar-refractivity contribution is 5.86. The van der Waals surface area contributed by atoms with Gasteiger partial charge in [0.25, 0.3) is 0 Å². The van der Waals surface area contributed by atoms with Crippen LogP contribution in [0.5, 0.6) is 0 Å². The number of carbonyl (C=O) groups excluding carboxylic acids is 1. The molecule has 1 aliphatic heterocycles. The van der Waals surface area contributed by atoms with Crippen LogP contribution in [0.1, 0.15) is 36.2 Å². The molecule has 1 aromatic carbocycles. The van der Waals surface area contributed by atoms with E-state index in [0.29, 0.717) is 36.1 Å². The molecule has 7 heteroatoms. The quantitative estimate of drug-likeness (QED) is 0.735. The van der Waals surface area contributed by atoms with Crippen molar-refractivity contribution in [2.24, 2.45) is 0 Å². The van der Waals surface area contributed by atoms with Crippen LogP contribution in [0.25, 0.3) is 11.0 Å². The fourth-order valence-electron chi connectivity index (χ4n) is 3.18. The summed E-state index contributed by atoms with van der Waals surface area (Å²) in [6.07, 6.45) is 1.95. The molecule has 0 unspecified atom stereocenters. The molecule has 0 bridgehead atoms. The van der Waals surface area contributed by atoms with E-state index in [1.165, 1.54) is 0 Å². The average Bonchev–Trinajstić information content (AvgIpc) is 3.22. The van der Waals surface area contributed by atoms with Gasteiger partial charge in [-0.15, -0.1) is 0 Å². The van der Waals surface area contributed by atoms with Gasteiger partial charge in [0.15, 0.2) is 11.4 Å². The highest BCUT2D eigenvalue weighted by atomic mass is 16.5. The van der Waals surface area contributed by atoms with Crippen molar-refractivity contribution in [2.45, 2.75) is 32.1 Å². The second-order valence-corrected chi connectivity index (χ2v) is 6.14. The summed E-state index contributed by atoms with van der Waals surface area (Å²) in [7, 11) is 0. The van der Waals surface area contributed by atoms with Crippen molar-refractivity contribution < 1.29 is 13.8 Å². The number of aromatic nitrogens is 3. The normalized spacial score (nSPS) is 16.0. The maximum atomic E-state index is 12.5.